The molecule has 0 amide bonds. The van der Waals surface area contributed by atoms with Crippen LogP contribution in [0.3, 0.4) is 0 Å². The van der Waals surface area contributed by atoms with Gasteiger partial charge in [0.1, 0.15) is 6.04 Å². The van der Waals surface area contributed by atoms with Crippen LogP contribution in [-0.4, -0.2) is 23.2 Å². The Balaban J connectivity index is 2.58. The topological polar surface area (TPSA) is 49.3 Å². The molecule has 2 atom stereocenters. The normalized spacial score (nSPS) is 27.1. The first-order valence-corrected chi connectivity index (χ1v) is 5.61. The van der Waals surface area contributed by atoms with E-state index in [0.717, 1.165) is 0 Å². The van der Waals surface area contributed by atoms with Crippen LogP contribution < -0.4 is 5.32 Å². The minimum atomic E-state index is -0.780. The molecule has 0 saturated heterocycles. The molecule has 0 heterocycles. The molecule has 0 radical (unpaired) electrons. The van der Waals surface area contributed by atoms with E-state index in [0.29, 0.717) is 16.7 Å². The van der Waals surface area contributed by atoms with Crippen LogP contribution >= 0.6 is 0 Å². The van der Waals surface area contributed by atoms with Crippen molar-refractivity contribution in [1.29, 1.82) is 0 Å². The molecule has 1 aliphatic rings. The Hall–Kier alpha value is -0.570. The largest absolute Gasteiger partial charge is 0.480 e. The van der Waals surface area contributed by atoms with Gasteiger partial charge in [0.15, 0.2) is 0 Å². The van der Waals surface area contributed by atoms with Crippen molar-refractivity contribution in [2.75, 3.05) is 0 Å². The van der Waals surface area contributed by atoms with Gasteiger partial charge in [0.2, 0.25) is 0 Å². The Morgan fingerprint density at radius 2 is 1.60 bits per heavy atom. The summed E-state index contributed by atoms with van der Waals surface area (Å²) in [6, 6.07) is -0.215. The summed E-state index contributed by atoms with van der Waals surface area (Å²) in [5, 5.41) is 12.0. The van der Waals surface area contributed by atoms with Crippen molar-refractivity contribution in [3.63, 3.8) is 0 Å². The lowest BCUT2D eigenvalue weighted by Crippen LogP contribution is -2.42. The second-order valence-electron chi connectivity index (χ2n) is 5.94. The molecule has 1 rings (SSSR count). The smallest absolute Gasteiger partial charge is 0.320 e. The SMILES string of the molecule is CC(N[C@H](C)C(=O)O)C1C(C)(C)C1(C)C. The molecule has 2 N–H and O–H groups in total. The number of hydrogen-bond acceptors (Lipinski definition) is 2. The maximum absolute atomic E-state index is 10.7. The third kappa shape index (κ3) is 1.89. The molecule has 3 heteroatoms. The van der Waals surface area contributed by atoms with Crippen LogP contribution in [0.4, 0.5) is 0 Å². The van der Waals surface area contributed by atoms with Crippen LogP contribution in [0.25, 0.3) is 0 Å². The van der Waals surface area contributed by atoms with Gasteiger partial charge in [0.05, 0.1) is 0 Å². The van der Waals surface area contributed by atoms with E-state index in [2.05, 4.69) is 39.9 Å². The van der Waals surface area contributed by atoms with Crippen molar-refractivity contribution in [3.8, 4) is 0 Å². The van der Waals surface area contributed by atoms with Crippen molar-refractivity contribution in [2.45, 2.75) is 53.6 Å². The summed E-state index contributed by atoms with van der Waals surface area (Å²) < 4.78 is 0. The number of rotatable bonds is 4. The standard InChI is InChI=1S/C12H23NO2/c1-7(13-8(2)10(14)15)9-11(3,4)12(9,5)6/h7-9,13H,1-6H3,(H,14,15)/t7?,8-/m1/s1. The van der Waals surface area contributed by atoms with Crippen molar-refractivity contribution in [1.82, 2.24) is 5.32 Å². The molecular weight excluding hydrogens is 190 g/mol. The molecule has 0 aliphatic heterocycles. The van der Waals surface area contributed by atoms with E-state index in [1.807, 2.05) is 0 Å². The van der Waals surface area contributed by atoms with E-state index in [-0.39, 0.29) is 6.04 Å². The maximum Gasteiger partial charge on any atom is 0.320 e. The van der Waals surface area contributed by atoms with Crippen molar-refractivity contribution in [2.24, 2.45) is 16.7 Å². The van der Waals surface area contributed by atoms with E-state index < -0.39 is 12.0 Å². The highest BCUT2D eigenvalue weighted by atomic mass is 16.4. The van der Waals surface area contributed by atoms with Crippen LogP contribution in [-0.2, 0) is 4.79 Å². The van der Waals surface area contributed by atoms with E-state index in [9.17, 15) is 4.79 Å². The Labute approximate surface area is 92.3 Å². The monoisotopic (exact) mass is 213 g/mol. The van der Waals surface area contributed by atoms with Crippen LogP contribution in [0.5, 0.6) is 0 Å². The van der Waals surface area contributed by atoms with Gasteiger partial charge >= 0.3 is 5.97 Å². The number of nitrogens with one attached hydrogen (secondary N) is 1. The Morgan fingerprint density at radius 1 is 1.20 bits per heavy atom. The highest BCUT2D eigenvalue weighted by Gasteiger charge is 2.66. The summed E-state index contributed by atoms with van der Waals surface area (Å²) in [7, 11) is 0. The second-order valence-corrected chi connectivity index (χ2v) is 5.94. The number of carbonyl (C=O) groups is 1. The fourth-order valence-corrected chi connectivity index (χ4v) is 3.06. The molecule has 0 aromatic carbocycles. The second kappa shape index (κ2) is 3.48. The molecule has 0 spiro atoms. The van der Waals surface area contributed by atoms with E-state index in [4.69, 9.17) is 5.11 Å². The molecule has 1 saturated carbocycles. The van der Waals surface area contributed by atoms with Crippen molar-refractivity contribution < 1.29 is 9.90 Å². The number of hydrogen-bond donors (Lipinski definition) is 2. The summed E-state index contributed by atoms with van der Waals surface area (Å²) in [5.41, 5.74) is 0.606. The third-order valence-electron chi connectivity index (χ3n) is 4.52. The number of carboxylic acid groups (broad SMARTS) is 1. The van der Waals surface area contributed by atoms with Crippen molar-refractivity contribution >= 4 is 5.97 Å². The zero-order chi connectivity index (χ0) is 12.0. The first-order chi connectivity index (χ1) is 6.62. The lowest BCUT2D eigenvalue weighted by molar-refractivity contribution is -0.139. The number of carboxylic acids is 1. The van der Waals surface area contributed by atoms with Gasteiger partial charge in [0.25, 0.3) is 0 Å². The fraction of sp³-hybridized carbons (Fsp3) is 0.917. The van der Waals surface area contributed by atoms with Crippen molar-refractivity contribution in [3.05, 3.63) is 0 Å². The lowest BCUT2D eigenvalue weighted by Gasteiger charge is -2.18. The first-order valence-electron chi connectivity index (χ1n) is 5.61. The first kappa shape index (κ1) is 12.5. The predicted octanol–water partition coefficient (Wildman–Crippen LogP) is 2.12. The average Bonchev–Trinajstić information content (AvgIpc) is 2.41. The van der Waals surface area contributed by atoms with Gasteiger partial charge in [-0.1, -0.05) is 27.7 Å². The lowest BCUT2D eigenvalue weighted by atomic mass is 10.0. The van der Waals surface area contributed by atoms with Gasteiger partial charge in [-0.05, 0) is 30.6 Å². The third-order valence-corrected chi connectivity index (χ3v) is 4.52. The van der Waals surface area contributed by atoms with Gasteiger partial charge in [0, 0.05) is 6.04 Å². The molecule has 0 aromatic rings. The van der Waals surface area contributed by atoms with E-state index >= 15 is 0 Å². The maximum atomic E-state index is 10.7. The highest BCUT2D eigenvalue weighted by molar-refractivity contribution is 5.72. The molecule has 1 fully saturated rings. The minimum Gasteiger partial charge on any atom is -0.480 e. The van der Waals surface area contributed by atoms with Crippen LogP contribution in [0, 0.1) is 16.7 Å². The molecule has 3 nitrogen and oxygen atoms in total. The summed E-state index contributed by atoms with van der Waals surface area (Å²) in [6.07, 6.45) is 0. The molecule has 0 bridgehead atoms. The molecule has 88 valence electrons. The van der Waals surface area contributed by atoms with Gasteiger partial charge in [-0.2, -0.15) is 0 Å². The molecular formula is C12H23NO2. The highest BCUT2D eigenvalue weighted by Crippen LogP contribution is 2.69. The summed E-state index contributed by atoms with van der Waals surface area (Å²) in [6.45, 7) is 12.8. The van der Waals surface area contributed by atoms with Crippen LogP contribution in [0.1, 0.15) is 41.5 Å². The van der Waals surface area contributed by atoms with Crippen LogP contribution in [0.2, 0.25) is 0 Å². The summed E-state index contributed by atoms with van der Waals surface area (Å²) >= 11 is 0. The molecule has 15 heavy (non-hydrogen) atoms. The minimum absolute atomic E-state index is 0.251. The zero-order valence-electron chi connectivity index (χ0n) is 10.6. The summed E-state index contributed by atoms with van der Waals surface area (Å²) in [5.74, 6) is -0.232. The van der Waals surface area contributed by atoms with Gasteiger partial charge in [-0.3, -0.25) is 4.79 Å². The number of aliphatic carboxylic acids is 1. The quantitative estimate of drug-likeness (QED) is 0.752. The Morgan fingerprint density at radius 3 is 1.87 bits per heavy atom. The Kier molecular flexibility index (Phi) is 2.90. The van der Waals surface area contributed by atoms with Crippen LogP contribution in [0.15, 0.2) is 0 Å². The van der Waals surface area contributed by atoms with Gasteiger partial charge < -0.3 is 10.4 Å². The molecule has 1 unspecified atom stereocenters. The van der Waals surface area contributed by atoms with Gasteiger partial charge in [-0.25, -0.2) is 0 Å². The Bertz CT molecular complexity index is 257. The predicted molar refractivity (Wildman–Crippen MR) is 60.7 cm³/mol. The fourth-order valence-electron chi connectivity index (χ4n) is 3.06. The summed E-state index contributed by atoms with van der Waals surface area (Å²) in [4.78, 5) is 10.7. The van der Waals surface area contributed by atoms with Gasteiger partial charge in [-0.15, -0.1) is 0 Å². The molecule has 1 aliphatic carbocycles. The zero-order valence-corrected chi connectivity index (χ0v) is 10.6. The molecule has 0 aromatic heterocycles. The van der Waals surface area contributed by atoms with E-state index in [1.54, 1.807) is 6.92 Å². The average molecular weight is 213 g/mol. The van der Waals surface area contributed by atoms with E-state index in [1.165, 1.54) is 0 Å².